The highest BCUT2D eigenvalue weighted by Crippen LogP contribution is 2.16. The van der Waals surface area contributed by atoms with Gasteiger partial charge in [-0.2, -0.15) is 4.98 Å². The van der Waals surface area contributed by atoms with E-state index in [2.05, 4.69) is 9.97 Å². The summed E-state index contributed by atoms with van der Waals surface area (Å²) in [6, 6.07) is 1.72. The highest BCUT2D eigenvalue weighted by Gasteiger charge is 2.14. The first kappa shape index (κ1) is 10.2. The molecule has 0 aromatic carbocycles. The topological polar surface area (TPSA) is 70.3 Å². The lowest BCUT2D eigenvalue weighted by atomic mass is 10.0. The van der Waals surface area contributed by atoms with E-state index >= 15 is 0 Å². The Labute approximate surface area is 88.6 Å². The molecule has 0 spiro atoms. The van der Waals surface area contributed by atoms with Gasteiger partial charge >= 0.3 is 0 Å². The number of ether oxygens (including phenoxy) is 2. The van der Waals surface area contributed by atoms with Crippen LogP contribution in [0.5, 0.6) is 5.88 Å². The number of nitrogen functional groups attached to an aromatic ring is 1. The Hall–Kier alpha value is -1.36. The van der Waals surface area contributed by atoms with Gasteiger partial charge in [0.15, 0.2) is 0 Å². The smallest absolute Gasteiger partial charge is 0.223 e. The van der Waals surface area contributed by atoms with Gasteiger partial charge in [-0.1, -0.05) is 0 Å². The molecule has 0 saturated carbocycles. The van der Waals surface area contributed by atoms with Crippen LogP contribution in [0, 0.1) is 5.92 Å². The van der Waals surface area contributed by atoms with Gasteiger partial charge in [-0.05, 0) is 18.8 Å². The number of nitrogens with zero attached hydrogens (tertiary/aromatic N) is 2. The fraction of sp³-hybridized carbons (Fsp3) is 0.600. The van der Waals surface area contributed by atoms with Gasteiger partial charge in [-0.15, -0.1) is 0 Å². The summed E-state index contributed by atoms with van der Waals surface area (Å²) in [7, 11) is 0. The van der Waals surface area contributed by atoms with Crippen LogP contribution in [0.2, 0.25) is 0 Å². The molecule has 1 fully saturated rings. The van der Waals surface area contributed by atoms with Crippen LogP contribution in [0.25, 0.3) is 0 Å². The van der Waals surface area contributed by atoms with Crippen molar-refractivity contribution in [2.45, 2.75) is 12.8 Å². The van der Waals surface area contributed by atoms with E-state index in [1.54, 1.807) is 12.3 Å². The monoisotopic (exact) mass is 209 g/mol. The van der Waals surface area contributed by atoms with Crippen molar-refractivity contribution in [3.05, 3.63) is 12.3 Å². The van der Waals surface area contributed by atoms with Crippen molar-refractivity contribution in [2.24, 2.45) is 5.92 Å². The van der Waals surface area contributed by atoms with Gasteiger partial charge in [0.2, 0.25) is 11.8 Å². The first-order valence-corrected chi connectivity index (χ1v) is 5.13. The molecule has 0 bridgehead atoms. The van der Waals surface area contributed by atoms with E-state index in [1.807, 2.05) is 0 Å². The van der Waals surface area contributed by atoms with Gasteiger partial charge < -0.3 is 15.2 Å². The Kier molecular flexibility index (Phi) is 3.34. The van der Waals surface area contributed by atoms with E-state index in [0.29, 0.717) is 18.4 Å². The minimum absolute atomic E-state index is 0.250. The molecule has 0 aliphatic carbocycles. The SMILES string of the molecule is Nc1nccc(OCC2CCOCC2)n1. The summed E-state index contributed by atoms with van der Waals surface area (Å²) in [5.41, 5.74) is 5.45. The lowest BCUT2D eigenvalue weighted by Gasteiger charge is -2.21. The first-order valence-electron chi connectivity index (χ1n) is 5.13. The number of hydrogen-bond acceptors (Lipinski definition) is 5. The molecule has 0 amide bonds. The van der Waals surface area contributed by atoms with Crippen LogP contribution in [0.15, 0.2) is 12.3 Å². The van der Waals surface area contributed by atoms with Gasteiger partial charge in [0, 0.05) is 25.5 Å². The predicted molar refractivity (Wildman–Crippen MR) is 55.5 cm³/mol. The zero-order valence-electron chi connectivity index (χ0n) is 8.56. The summed E-state index contributed by atoms with van der Waals surface area (Å²) in [4.78, 5) is 7.77. The first-order chi connectivity index (χ1) is 7.34. The Bertz CT molecular complexity index is 313. The van der Waals surface area contributed by atoms with E-state index in [9.17, 15) is 0 Å². The van der Waals surface area contributed by atoms with E-state index in [4.69, 9.17) is 15.2 Å². The van der Waals surface area contributed by atoms with Crippen LogP contribution in [-0.4, -0.2) is 29.8 Å². The van der Waals surface area contributed by atoms with Crippen LogP contribution in [0.1, 0.15) is 12.8 Å². The Morgan fingerprint density at radius 2 is 2.27 bits per heavy atom. The zero-order chi connectivity index (χ0) is 10.5. The molecule has 5 heteroatoms. The fourth-order valence-electron chi connectivity index (χ4n) is 1.55. The normalized spacial score (nSPS) is 17.6. The molecule has 5 nitrogen and oxygen atoms in total. The second-order valence-electron chi connectivity index (χ2n) is 3.62. The van der Waals surface area contributed by atoms with Crippen molar-refractivity contribution in [1.82, 2.24) is 9.97 Å². The summed E-state index contributed by atoms with van der Waals surface area (Å²) in [6.07, 6.45) is 3.71. The second kappa shape index (κ2) is 4.93. The third-order valence-electron chi connectivity index (χ3n) is 2.46. The van der Waals surface area contributed by atoms with Crippen molar-refractivity contribution < 1.29 is 9.47 Å². The number of nitrogens with two attached hydrogens (primary N) is 1. The van der Waals surface area contributed by atoms with E-state index in [-0.39, 0.29) is 5.95 Å². The second-order valence-corrected chi connectivity index (χ2v) is 3.62. The van der Waals surface area contributed by atoms with Crippen molar-refractivity contribution in [2.75, 3.05) is 25.6 Å². The Morgan fingerprint density at radius 3 is 3.00 bits per heavy atom. The number of hydrogen-bond donors (Lipinski definition) is 1. The largest absolute Gasteiger partial charge is 0.477 e. The lowest BCUT2D eigenvalue weighted by molar-refractivity contribution is 0.0490. The van der Waals surface area contributed by atoms with Crippen LogP contribution in [0.4, 0.5) is 5.95 Å². The average Bonchev–Trinajstić information content (AvgIpc) is 2.28. The molecular formula is C10H15N3O2. The van der Waals surface area contributed by atoms with E-state index < -0.39 is 0 Å². The third kappa shape index (κ3) is 3.06. The van der Waals surface area contributed by atoms with Crippen LogP contribution in [-0.2, 0) is 4.74 Å². The Morgan fingerprint density at radius 1 is 1.47 bits per heavy atom. The molecule has 1 saturated heterocycles. The molecule has 2 N–H and O–H groups in total. The molecule has 15 heavy (non-hydrogen) atoms. The Balaban J connectivity index is 1.81. The van der Waals surface area contributed by atoms with Crippen molar-refractivity contribution >= 4 is 5.95 Å². The predicted octanol–water partition coefficient (Wildman–Crippen LogP) is 0.864. The highest BCUT2D eigenvalue weighted by molar-refractivity contribution is 5.20. The molecular weight excluding hydrogens is 194 g/mol. The summed E-state index contributed by atoms with van der Waals surface area (Å²) in [5.74, 6) is 1.36. The highest BCUT2D eigenvalue weighted by atomic mass is 16.5. The van der Waals surface area contributed by atoms with E-state index in [1.165, 1.54) is 0 Å². The average molecular weight is 209 g/mol. The lowest BCUT2D eigenvalue weighted by Crippen LogP contribution is -2.21. The molecule has 1 aromatic rings. The quantitative estimate of drug-likeness (QED) is 0.799. The molecule has 0 radical (unpaired) electrons. The molecule has 1 aliphatic rings. The van der Waals surface area contributed by atoms with Crippen LogP contribution >= 0.6 is 0 Å². The maximum Gasteiger partial charge on any atom is 0.223 e. The van der Waals surface area contributed by atoms with Gasteiger partial charge in [-0.3, -0.25) is 0 Å². The number of aromatic nitrogens is 2. The van der Waals surface area contributed by atoms with Gasteiger partial charge in [0.1, 0.15) is 0 Å². The van der Waals surface area contributed by atoms with Crippen molar-refractivity contribution in [3.8, 4) is 5.88 Å². The van der Waals surface area contributed by atoms with Gasteiger partial charge in [0.05, 0.1) is 6.61 Å². The minimum Gasteiger partial charge on any atom is -0.477 e. The zero-order valence-corrected chi connectivity index (χ0v) is 8.56. The molecule has 2 heterocycles. The van der Waals surface area contributed by atoms with Crippen LogP contribution in [0.3, 0.4) is 0 Å². The molecule has 0 unspecified atom stereocenters. The molecule has 1 aromatic heterocycles. The minimum atomic E-state index is 0.250. The van der Waals surface area contributed by atoms with Crippen LogP contribution < -0.4 is 10.5 Å². The maximum absolute atomic E-state index is 5.54. The summed E-state index contributed by atoms with van der Waals surface area (Å²) in [5, 5.41) is 0. The molecule has 82 valence electrons. The number of rotatable bonds is 3. The number of anilines is 1. The van der Waals surface area contributed by atoms with Crippen molar-refractivity contribution in [1.29, 1.82) is 0 Å². The summed E-state index contributed by atoms with van der Waals surface area (Å²) >= 11 is 0. The van der Waals surface area contributed by atoms with Crippen molar-refractivity contribution in [3.63, 3.8) is 0 Å². The molecule has 0 atom stereocenters. The fourth-order valence-corrected chi connectivity index (χ4v) is 1.55. The van der Waals surface area contributed by atoms with Gasteiger partial charge in [-0.25, -0.2) is 4.98 Å². The third-order valence-corrected chi connectivity index (χ3v) is 2.46. The summed E-state index contributed by atoms with van der Waals surface area (Å²) < 4.78 is 10.8. The maximum atomic E-state index is 5.54. The van der Waals surface area contributed by atoms with E-state index in [0.717, 1.165) is 26.1 Å². The summed E-state index contributed by atoms with van der Waals surface area (Å²) in [6.45, 7) is 2.35. The molecule has 1 aliphatic heterocycles. The standard InChI is InChI=1S/C10H15N3O2/c11-10-12-4-1-9(13-10)15-7-8-2-5-14-6-3-8/h1,4,8H,2-3,5-7H2,(H2,11,12,13). The van der Waals surface area contributed by atoms with Gasteiger partial charge in [0.25, 0.3) is 0 Å². The molecule has 2 rings (SSSR count).